The summed E-state index contributed by atoms with van der Waals surface area (Å²) in [6.07, 6.45) is 1.13. The average molecular weight is 257 g/mol. The number of likely N-dealkylation sites (N-methyl/N-ethyl adjacent to an activating group) is 1. The predicted octanol–water partition coefficient (Wildman–Crippen LogP) is 2.58. The summed E-state index contributed by atoms with van der Waals surface area (Å²) < 4.78 is 5.67. The molecule has 0 radical (unpaired) electrons. The molecular weight excluding hydrogens is 238 g/mol. The highest BCUT2D eigenvalue weighted by molar-refractivity contribution is 5.24. The van der Waals surface area contributed by atoms with Gasteiger partial charge in [-0.3, -0.25) is 0 Å². The van der Waals surface area contributed by atoms with Crippen LogP contribution in [0.5, 0.6) is 0 Å². The molecule has 2 heterocycles. The molecule has 0 aliphatic carbocycles. The highest BCUT2D eigenvalue weighted by atomic mass is 16.4. The van der Waals surface area contributed by atoms with Crippen LogP contribution in [-0.4, -0.2) is 35.2 Å². The van der Waals surface area contributed by atoms with E-state index in [1.165, 1.54) is 5.56 Å². The molecule has 1 saturated heterocycles. The normalized spacial score (nSPS) is 24.5. The van der Waals surface area contributed by atoms with Crippen molar-refractivity contribution in [2.45, 2.75) is 25.2 Å². The first kappa shape index (κ1) is 12.4. The van der Waals surface area contributed by atoms with Crippen molar-refractivity contribution < 1.29 is 4.42 Å². The molecule has 1 aromatic carbocycles. The predicted molar refractivity (Wildman–Crippen MR) is 73.1 cm³/mol. The molecule has 2 unspecified atom stereocenters. The summed E-state index contributed by atoms with van der Waals surface area (Å²) in [6, 6.07) is 10.7. The van der Waals surface area contributed by atoms with E-state index in [1.54, 1.807) is 0 Å². The third kappa shape index (κ3) is 2.54. The van der Waals surface area contributed by atoms with Crippen LogP contribution >= 0.6 is 0 Å². The van der Waals surface area contributed by atoms with Gasteiger partial charge in [-0.15, -0.1) is 10.2 Å². The van der Waals surface area contributed by atoms with Crippen molar-refractivity contribution in [3.05, 3.63) is 47.7 Å². The second-order valence-corrected chi connectivity index (χ2v) is 5.33. The number of aryl methyl sites for hydroxylation is 1. The lowest BCUT2D eigenvalue weighted by Crippen LogP contribution is -2.35. The van der Waals surface area contributed by atoms with Crippen molar-refractivity contribution in [3.63, 3.8) is 0 Å². The van der Waals surface area contributed by atoms with Crippen molar-refractivity contribution in [2.75, 3.05) is 20.1 Å². The van der Waals surface area contributed by atoms with Crippen LogP contribution < -0.4 is 0 Å². The fourth-order valence-electron chi connectivity index (χ4n) is 2.93. The Balaban J connectivity index is 1.92. The van der Waals surface area contributed by atoms with Crippen LogP contribution in [0, 0.1) is 6.92 Å². The molecule has 0 spiro atoms. The first-order valence-corrected chi connectivity index (χ1v) is 6.77. The van der Waals surface area contributed by atoms with Crippen molar-refractivity contribution >= 4 is 0 Å². The summed E-state index contributed by atoms with van der Waals surface area (Å²) in [5, 5.41) is 8.22. The molecule has 4 nitrogen and oxygen atoms in total. The van der Waals surface area contributed by atoms with Crippen LogP contribution in [0.15, 0.2) is 34.7 Å². The van der Waals surface area contributed by atoms with Crippen LogP contribution in [-0.2, 0) is 0 Å². The number of piperidine rings is 1. The molecule has 100 valence electrons. The number of rotatable bonds is 2. The second-order valence-electron chi connectivity index (χ2n) is 5.33. The van der Waals surface area contributed by atoms with E-state index in [2.05, 4.69) is 52.5 Å². The fourth-order valence-corrected chi connectivity index (χ4v) is 2.93. The summed E-state index contributed by atoms with van der Waals surface area (Å²) >= 11 is 0. The van der Waals surface area contributed by atoms with E-state index in [1.807, 2.05) is 6.92 Å². The molecule has 1 aromatic heterocycles. The largest absolute Gasteiger partial charge is 0.425 e. The van der Waals surface area contributed by atoms with Crippen LogP contribution in [0.1, 0.15) is 35.6 Å². The van der Waals surface area contributed by atoms with Gasteiger partial charge in [0.25, 0.3) is 0 Å². The Labute approximate surface area is 113 Å². The molecule has 0 bridgehead atoms. The third-order valence-corrected chi connectivity index (χ3v) is 3.90. The van der Waals surface area contributed by atoms with Gasteiger partial charge in [-0.05, 0) is 31.5 Å². The molecule has 4 heteroatoms. The van der Waals surface area contributed by atoms with Crippen molar-refractivity contribution in [1.82, 2.24) is 15.1 Å². The molecule has 0 N–H and O–H groups in total. The van der Waals surface area contributed by atoms with E-state index >= 15 is 0 Å². The van der Waals surface area contributed by atoms with Crippen LogP contribution in [0.3, 0.4) is 0 Å². The first-order valence-electron chi connectivity index (χ1n) is 6.77. The number of hydrogen-bond donors (Lipinski definition) is 0. The third-order valence-electron chi connectivity index (χ3n) is 3.90. The van der Waals surface area contributed by atoms with Crippen molar-refractivity contribution in [3.8, 4) is 0 Å². The summed E-state index contributed by atoms with van der Waals surface area (Å²) in [5.74, 6) is 2.19. The molecule has 3 rings (SSSR count). The highest BCUT2D eigenvalue weighted by Gasteiger charge is 2.33. The number of likely N-dealkylation sites (tertiary alicyclic amines) is 1. The van der Waals surface area contributed by atoms with Gasteiger partial charge in [0.2, 0.25) is 11.8 Å². The minimum absolute atomic E-state index is 0.294. The molecular formula is C15H19N3O. The van der Waals surface area contributed by atoms with E-state index in [0.717, 1.165) is 25.4 Å². The quantitative estimate of drug-likeness (QED) is 0.829. The van der Waals surface area contributed by atoms with Crippen LogP contribution in [0.25, 0.3) is 0 Å². The Bertz CT molecular complexity index is 537. The number of benzene rings is 1. The zero-order valence-electron chi connectivity index (χ0n) is 11.4. The Kier molecular flexibility index (Phi) is 3.34. The van der Waals surface area contributed by atoms with Gasteiger partial charge in [0.15, 0.2) is 0 Å². The lowest BCUT2D eigenvalue weighted by Gasteiger charge is -2.35. The smallest absolute Gasteiger partial charge is 0.221 e. The van der Waals surface area contributed by atoms with E-state index < -0.39 is 0 Å². The monoisotopic (exact) mass is 257 g/mol. The SMILES string of the molecule is Cc1nnc(C2CN(C)CCC2c2ccccc2)o1. The van der Waals surface area contributed by atoms with Crippen LogP contribution in [0.2, 0.25) is 0 Å². The minimum Gasteiger partial charge on any atom is -0.425 e. The number of aromatic nitrogens is 2. The topological polar surface area (TPSA) is 42.2 Å². The second kappa shape index (κ2) is 5.13. The highest BCUT2D eigenvalue weighted by Crippen LogP contribution is 2.38. The minimum atomic E-state index is 0.294. The summed E-state index contributed by atoms with van der Waals surface area (Å²) in [4.78, 5) is 2.34. The average Bonchev–Trinajstić information content (AvgIpc) is 2.86. The van der Waals surface area contributed by atoms with Gasteiger partial charge in [0.1, 0.15) is 0 Å². The van der Waals surface area contributed by atoms with Gasteiger partial charge in [-0.25, -0.2) is 0 Å². The molecule has 1 aliphatic rings. The number of hydrogen-bond acceptors (Lipinski definition) is 4. The lowest BCUT2D eigenvalue weighted by atomic mass is 9.80. The number of nitrogens with zero attached hydrogens (tertiary/aromatic N) is 3. The van der Waals surface area contributed by atoms with Gasteiger partial charge in [-0.2, -0.15) is 0 Å². The zero-order valence-corrected chi connectivity index (χ0v) is 11.4. The molecule has 2 aromatic rings. The molecule has 2 atom stereocenters. The molecule has 1 aliphatic heterocycles. The van der Waals surface area contributed by atoms with E-state index in [-0.39, 0.29) is 0 Å². The zero-order chi connectivity index (χ0) is 13.2. The first-order chi connectivity index (χ1) is 9.24. The molecule has 1 fully saturated rings. The van der Waals surface area contributed by atoms with Crippen molar-refractivity contribution in [1.29, 1.82) is 0 Å². The van der Waals surface area contributed by atoms with E-state index in [4.69, 9.17) is 4.42 Å². The van der Waals surface area contributed by atoms with E-state index in [9.17, 15) is 0 Å². The van der Waals surface area contributed by atoms with Gasteiger partial charge < -0.3 is 9.32 Å². The van der Waals surface area contributed by atoms with Crippen molar-refractivity contribution in [2.24, 2.45) is 0 Å². The summed E-state index contributed by atoms with van der Waals surface area (Å²) in [5.41, 5.74) is 1.37. The van der Waals surface area contributed by atoms with E-state index in [0.29, 0.717) is 17.7 Å². The van der Waals surface area contributed by atoms with Gasteiger partial charge >= 0.3 is 0 Å². The van der Waals surface area contributed by atoms with Crippen LogP contribution in [0.4, 0.5) is 0 Å². The Hall–Kier alpha value is -1.68. The Morgan fingerprint density at radius 3 is 2.63 bits per heavy atom. The fraction of sp³-hybridized carbons (Fsp3) is 0.467. The van der Waals surface area contributed by atoms with Gasteiger partial charge in [-0.1, -0.05) is 30.3 Å². The Morgan fingerprint density at radius 2 is 1.95 bits per heavy atom. The van der Waals surface area contributed by atoms with Gasteiger partial charge in [0.05, 0.1) is 5.92 Å². The molecule has 0 saturated carbocycles. The maximum atomic E-state index is 5.67. The van der Waals surface area contributed by atoms with Gasteiger partial charge in [0, 0.05) is 13.5 Å². The summed E-state index contributed by atoms with van der Waals surface area (Å²) in [7, 11) is 2.15. The lowest BCUT2D eigenvalue weighted by molar-refractivity contribution is 0.205. The Morgan fingerprint density at radius 1 is 1.16 bits per heavy atom. The maximum Gasteiger partial charge on any atom is 0.221 e. The standard InChI is InChI=1S/C15H19N3O/c1-11-16-17-15(19-11)14-10-18(2)9-8-13(14)12-6-4-3-5-7-12/h3-7,13-14H,8-10H2,1-2H3. The molecule has 0 amide bonds. The maximum absolute atomic E-state index is 5.67. The molecule has 19 heavy (non-hydrogen) atoms. The summed E-state index contributed by atoms with van der Waals surface area (Å²) in [6.45, 7) is 3.94.